The first kappa shape index (κ1) is 22.2. The fourth-order valence-corrected chi connectivity index (χ4v) is 4.00. The van der Waals surface area contributed by atoms with Crippen molar-refractivity contribution in [2.24, 2.45) is 0 Å². The number of hydrogen-bond donors (Lipinski definition) is 2. The molecular formula is C23H21N5O4S. The topological polar surface area (TPSA) is 115 Å². The SMILES string of the molecule is CCOC(=O)Cc1ccc(NC(=O)NCc2cc(=O)n3nc(-c4ccccc4)sc3n2)cc1. The number of nitrogens with zero attached hydrogens (tertiary/aromatic N) is 3. The van der Waals surface area contributed by atoms with Crippen LogP contribution in [0.15, 0.2) is 65.5 Å². The van der Waals surface area contributed by atoms with E-state index in [0.717, 1.165) is 11.1 Å². The van der Waals surface area contributed by atoms with Gasteiger partial charge in [-0.05, 0) is 24.6 Å². The monoisotopic (exact) mass is 463 g/mol. The maximum Gasteiger partial charge on any atom is 0.319 e. The van der Waals surface area contributed by atoms with Gasteiger partial charge in [-0.25, -0.2) is 9.78 Å². The van der Waals surface area contributed by atoms with E-state index in [-0.39, 0.29) is 24.5 Å². The van der Waals surface area contributed by atoms with E-state index in [1.165, 1.54) is 21.9 Å². The van der Waals surface area contributed by atoms with Crippen molar-refractivity contribution >= 4 is 34.0 Å². The number of urea groups is 1. The zero-order chi connectivity index (χ0) is 23.2. The molecule has 0 atom stereocenters. The summed E-state index contributed by atoms with van der Waals surface area (Å²) in [4.78, 5) is 41.1. The van der Waals surface area contributed by atoms with Crippen molar-refractivity contribution in [2.75, 3.05) is 11.9 Å². The summed E-state index contributed by atoms with van der Waals surface area (Å²) in [5.74, 6) is -0.298. The minimum atomic E-state index is -0.440. The molecule has 10 heteroatoms. The second-order valence-electron chi connectivity index (χ2n) is 7.04. The van der Waals surface area contributed by atoms with Gasteiger partial charge in [0.15, 0.2) is 0 Å². The Balaban J connectivity index is 1.37. The molecule has 0 spiro atoms. The van der Waals surface area contributed by atoms with Crippen LogP contribution < -0.4 is 16.2 Å². The number of aromatic nitrogens is 3. The number of rotatable bonds is 7. The first-order valence-electron chi connectivity index (χ1n) is 10.3. The summed E-state index contributed by atoms with van der Waals surface area (Å²) in [6.45, 7) is 2.17. The second-order valence-corrected chi connectivity index (χ2v) is 8.00. The molecule has 0 saturated heterocycles. The first-order chi connectivity index (χ1) is 16.0. The molecule has 0 unspecified atom stereocenters. The maximum atomic E-state index is 12.4. The molecule has 0 aliphatic heterocycles. The fourth-order valence-electron chi connectivity index (χ4n) is 3.07. The molecule has 168 valence electrons. The van der Waals surface area contributed by atoms with Crippen molar-refractivity contribution in [1.29, 1.82) is 0 Å². The van der Waals surface area contributed by atoms with Gasteiger partial charge in [-0.3, -0.25) is 9.59 Å². The second kappa shape index (κ2) is 10.0. The number of carbonyl (C=O) groups is 2. The molecule has 9 nitrogen and oxygen atoms in total. The van der Waals surface area contributed by atoms with Gasteiger partial charge in [0.2, 0.25) is 4.96 Å². The summed E-state index contributed by atoms with van der Waals surface area (Å²) in [6, 6.07) is 17.4. The van der Waals surface area contributed by atoms with Gasteiger partial charge >= 0.3 is 12.0 Å². The van der Waals surface area contributed by atoms with E-state index in [0.29, 0.717) is 28.0 Å². The molecule has 4 aromatic rings. The fraction of sp³-hybridized carbons (Fsp3) is 0.174. The molecule has 0 aliphatic carbocycles. The largest absolute Gasteiger partial charge is 0.466 e. The predicted molar refractivity (Wildman–Crippen MR) is 125 cm³/mol. The van der Waals surface area contributed by atoms with E-state index in [9.17, 15) is 14.4 Å². The van der Waals surface area contributed by atoms with Crippen LogP contribution >= 0.6 is 11.3 Å². The third-order valence-corrected chi connectivity index (χ3v) is 5.57. The molecule has 0 radical (unpaired) electrons. The molecule has 0 bridgehead atoms. The van der Waals surface area contributed by atoms with Crippen molar-refractivity contribution < 1.29 is 14.3 Å². The van der Waals surface area contributed by atoms with E-state index >= 15 is 0 Å². The van der Waals surface area contributed by atoms with Gasteiger partial charge in [0.1, 0.15) is 5.01 Å². The average Bonchev–Trinajstić information content (AvgIpc) is 3.25. The highest BCUT2D eigenvalue weighted by atomic mass is 32.1. The zero-order valence-corrected chi connectivity index (χ0v) is 18.6. The summed E-state index contributed by atoms with van der Waals surface area (Å²) in [5.41, 5.74) is 2.38. The van der Waals surface area contributed by atoms with Gasteiger partial charge < -0.3 is 15.4 Å². The van der Waals surface area contributed by atoms with Gasteiger partial charge in [-0.1, -0.05) is 53.8 Å². The van der Waals surface area contributed by atoms with Crippen LogP contribution in [-0.4, -0.2) is 33.2 Å². The van der Waals surface area contributed by atoms with Crippen LogP contribution in [0.2, 0.25) is 0 Å². The summed E-state index contributed by atoms with van der Waals surface area (Å²) >= 11 is 1.30. The van der Waals surface area contributed by atoms with Gasteiger partial charge in [0.25, 0.3) is 5.56 Å². The predicted octanol–water partition coefficient (Wildman–Crippen LogP) is 3.25. The first-order valence-corrected chi connectivity index (χ1v) is 11.1. The summed E-state index contributed by atoms with van der Waals surface area (Å²) in [5, 5.41) is 10.4. The maximum absolute atomic E-state index is 12.4. The van der Waals surface area contributed by atoms with Crippen molar-refractivity contribution in [1.82, 2.24) is 19.9 Å². The Kier molecular flexibility index (Phi) is 6.75. The number of hydrogen-bond acceptors (Lipinski definition) is 7. The highest BCUT2D eigenvalue weighted by Gasteiger charge is 2.11. The standard InChI is InChI=1S/C23H21N5O4S/c1-2-32-20(30)12-15-8-10-17(11-9-15)25-22(31)24-14-18-13-19(29)28-23(26-18)33-21(27-28)16-6-4-3-5-7-16/h3-11,13H,2,12,14H2,1H3,(H2,24,25,31). The minimum absolute atomic E-state index is 0.0804. The van der Waals surface area contributed by atoms with E-state index in [1.807, 2.05) is 30.3 Å². The van der Waals surface area contributed by atoms with Crippen LogP contribution in [0.1, 0.15) is 18.2 Å². The Hall–Kier alpha value is -4.05. The third-order valence-electron chi connectivity index (χ3n) is 4.61. The number of esters is 1. The Morgan fingerprint density at radius 3 is 2.58 bits per heavy atom. The number of fused-ring (bicyclic) bond motifs is 1. The lowest BCUT2D eigenvalue weighted by atomic mass is 10.1. The molecule has 0 aliphatic rings. The van der Waals surface area contributed by atoms with Crippen LogP contribution in [0, 0.1) is 0 Å². The Morgan fingerprint density at radius 2 is 1.85 bits per heavy atom. The van der Waals surface area contributed by atoms with E-state index in [2.05, 4.69) is 20.7 Å². The van der Waals surface area contributed by atoms with Gasteiger partial charge in [0.05, 0.1) is 25.3 Å². The van der Waals surface area contributed by atoms with Crippen LogP contribution in [-0.2, 0) is 22.5 Å². The summed E-state index contributed by atoms with van der Waals surface area (Å²) in [7, 11) is 0. The number of nitrogens with one attached hydrogen (secondary N) is 2. The van der Waals surface area contributed by atoms with E-state index in [4.69, 9.17) is 4.74 Å². The lowest BCUT2D eigenvalue weighted by molar-refractivity contribution is -0.142. The van der Waals surface area contributed by atoms with E-state index in [1.54, 1.807) is 31.2 Å². The molecule has 0 saturated carbocycles. The van der Waals surface area contributed by atoms with Crippen molar-refractivity contribution in [2.45, 2.75) is 19.9 Å². The summed E-state index contributed by atoms with van der Waals surface area (Å²) < 4.78 is 6.18. The molecule has 0 fully saturated rings. The molecule has 2 amide bonds. The Labute approximate surface area is 193 Å². The minimum Gasteiger partial charge on any atom is -0.466 e. The van der Waals surface area contributed by atoms with Gasteiger partial charge in [0, 0.05) is 17.3 Å². The highest BCUT2D eigenvalue weighted by molar-refractivity contribution is 7.19. The Morgan fingerprint density at radius 1 is 1.09 bits per heavy atom. The molecule has 2 N–H and O–H groups in total. The third kappa shape index (κ3) is 5.60. The molecule has 2 aromatic heterocycles. The lowest BCUT2D eigenvalue weighted by Gasteiger charge is -2.08. The molecule has 4 rings (SSSR count). The molecular weight excluding hydrogens is 442 g/mol. The van der Waals surface area contributed by atoms with Crippen molar-refractivity contribution in [3.8, 4) is 10.6 Å². The van der Waals surface area contributed by atoms with Crippen LogP contribution in [0.3, 0.4) is 0 Å². The van der Waals surface area contributed by atoms with Gasteiger partial charge in [-0.15, -0.1) is 0 Å². The molecule has 2 heterocycles. The average molecular weight is 464 g/mol. The van der Waals surface area contributed by atoms with E-state index < -0.39 is 6.03 Å². The van der Waals surface area contributed by atoms with Crippen LogP contribution in [0.4, 0.5) is 10.5 Å². The number of ether oxygens (including phenoxy) is 1. The molecule has 33 heavy (non-hydrogen) atoms. The summed E-state index contributed by atoms with van der Waals surface area (Å²) in [6.07, 6.45) is 0.174. The normalized spacial score (nSPS) is 10.7. The van der Waals surface area contributed by atoms with Crippen LogP contribution in [0.25, 0.3) is 15.5 Å². The number of amides is 2. The van der Waals surface area contributed by atoms with Crippen molar-refractivity contribution in [3.05, 3.63) is 82.3 Å². The van der Waals surface area contributed by atoms with Crippen LogP contribution in [0.5, 0.6) is 0 Å². The highest BCUT2D eigenvalue weighted by Crippen LogP contribution is 2.23. The van der Waals surface area contributed by atoms with Gasteiger partial charge in [-0.2, -0.15) is 9.61 Å². The number of carbonyl (C=O) groups excluding carboxylic acids is 2. The zero-order valence-electron chi connectivity index (χ0n) is 17.8. The molecule has 2 aromatic carbocycles. The number of benzene rings is 2. The number of anilines is 1. The quantitative estimate of drug-likeness (QED) is 0.407. The lowest BCUT2D eigenvalue weighted by Crippen LogP contribution is -2.29. The smallest absolute Gasteiger partial charge is 0.319 e. The van der Waals surface area contributed by atoms with Crippen molar-refractivity contribution in [3.63, 3.8) is 0 Å². The Bertz CT molecular complexity index is 1330.